The molecule has 3 nitrogen and oxygen atoms in total. The van der Waals surface area contributed by atoms with Gasteiger partial charge >= 0.3 is 0 Å². The molecule has 1 unspecified atom stereocenters. The molecule has 0 radical (unpaired) electrons. The summed E-state index contributed by atoms with van der Waals surface area (Å²) in [6, 6.07) is 0.998. The first kappa shape index (κ1) is 10.6. The second kappa shape index (κ2) is 5.21. The van der Waals surface area contributed by atoms with Crippen molar-refractivity contribution < 1.29 is 0 Å². The molecule has 1 atom stereocenters. The van der Waals surface area contributed by atoms with E-state index in [0.29, 0.717) is 12.1 Å². The third-order valence-electron chi connectivity index (χ3n) is 3.12. The Hall–Kier alpha value is -0.960. The van der Waals surface area contributed by atoms with E-state index in [-0.39, 0.29) is 0 Å². The highest BCUT2D eigenvalue weighted by molar-refractivity contribution is 5.01. The Bertz CT molecular complexity index is 280. The van der Waals surface area contributed by atoms with Crippen molar-refractivity contribution >= 4 is 0 Å². The smallest absolute Gasteiger partial charge is 0.0753 e. The molecule has 1 fully saturated rings. The molecule has 15 heavy (non-hydrogen) atoms. The SMILES string of the molecule is CC(NC1CCCCC1)c1cnccn1. The van der Waals surface area contributed by atoms with Crippen molar-refractivity contribution in [1.82, 2.24) is 15.3 Å². The van der Waals surface area contributed by atoms with Crippen LogP contribution in [0, 0.1) is 0 Å². The zero-order valence-electron chi connectivity index (χ0n) is 9.32. The molecule has 0 amide bonds. The van der Waals surface area contributed by atoms with E-state index in [1.807, 2.05) is 6.20 Å². The largest absolute Gasteiger partial charge is 0.306 e. The van der Waals surface area contributed by atoms with Crippen LogP contribution in [0.3, 0.4) is 0 Å². The molecular weight excluding hydrogens is 186 g/mol. The third kappa shape index (κ3) is 2.99. The van der Waals surface area contributed by atoms with Gasteiger partial charge in [-0.2, -0.15) is 0 Å². The fourth-order valence-corrected chi connectivity index (χ4v) is 2.24. The Kier molecular flexibility index (Phi) is 3.67. The van der Waals surface area contributed by atoms with Gasteiger partial charge in [-0.25, -0.2) is 0 Å². The van der Waals surface area contributed by atoms with Crippen LogP contribution in [-0.2, 0) is 0 Å². The van der Waals surface area contributed by atoms with E-state index in [4.69, 9.17) is 0 Å². The summed E-state index contributed by atoms with van der Waals surface area (Å²) in [4.78, 5) is 8.42. The summed E-state index contributed by atoms with van der Waals surface area (Å²) >= 11 is 0. The predicted molar refractivity (Wildman–Crippen MR) is 60.5 cm³/mol. The van der Waals surface area contributed by atoms with Gasteiger partial charge in [-0.15, -0.1) is 0 Å². The van der Waals surface area contributed by atoms with Gasteiger partial charge in [0.05, 0.1) is 5.69 Å². The van der Waals surface area contributed by atoms with Crippen molar-refractivity contribution in [2.24, 2.45) is 0 Å². The number of rotatable bonds is 3. The molecule has 0 bridgehead atoms. The summed E-state index contributed by atoms with van der Waals surface area (Å²) in [6.07, 6.45) is 12.1. The van der Waals surface area contributed by atoms with E-state index in [1.54, 1.807) is 12.4 Å². The van der Waals surface area contributed by atoms with E-state index < -0.39 is 0 Å². The molecule has 82 valence electrons. The number of aromatic nitrogens is 2. The fourth-order valence-electron chi connectivity index (χ4n) is 2.24. The summed E-state index contributed by atoms with van der Waals surface area (Å²) in [5.74, 6) is 0. The van der Waals surface area contributed by atoms with E-state index >= 15 is 0 Å². The Morgan fingerprint density at radius 1 is 1.27 bits per heavy atom. The molecule has 1 aliphatic rings. The van der Waals surface area contributed by atoms with Gasteiger partial charge in [0.2, 0.25) is 0 Å². The lowest BCUT2D eigenvalue weighted by Crippen LogP contribution is -2.33. The average molecular weight is 205 g/mol. The second-order valence-electron chi connectivity index (χ2n) is 4.35. The van der Waals surface area contributed by atoms with Gasteiger partial charge in [-0.05, 0) is 19.8 Å². The summed E-state index contributed by atoms with van der Waals surface area (Å²) in [6.45, 7) is 2.17. The van der Waals surface area contributed by atoms with Crippen LogP contribution in [0.1, 0.15) is 50.8 Å². The Morgan fingerprint density at radius 2 is 2.07 bits per heavy atom. The summed E-state index contributed by atoms with van der Waals surface area (Å²) in [5, 5.41) is 3.63. The molecule has 0 saturated heterocycles. The van der Waals surface area contributed by atoms with Gasteiger partial charge in [0, 0.05) is 30.7 Å². The van der Waals surface area contributed by atoms with Crippen LogP contribution in [0.2, 0.25) is 0 Å². The Morgan fingerprint density at radius 3 is 2.73 bits per heavy atom. The normalized spacial score (nSPS) is 20.1. The van der Waals surface area contributed by atoms with Gasteiger partial charge in [0.25, 0.3) is 0 Å². The first-order valence-electron chi connectivity index (χ1n) is 5.88. The van der Waals surface area contributed by atoms with Crippen LogP contribution in [0.4, 0.5) is 0 Å². The monoisotopic (exact) mass is 205 g/mol. The maximum Gasteiger partial charge on any atom is 0.0753 e. The molecule has 1 aliphatic carbocycles. The highest BCUT2D eigenvalue weighted by atomic mass is 15.0. The van der Waals surface area contributed by atoms with Gasteiger partial charge < -0.3 is 5.32 Å². The van der Waals surface area contributed by atoms with E-state index in [2.05, 4.69) is 22.2 Å². The standard InChI is InChI=1S/C12H19N3/c1-10(12-9-13-7-8-14-12)15-11-5-3-2-4-6-11/h7-11,15H,2-6H2,1H3. The maximum atomic E-state index is 4.32. The predicted octanol–water partition coefficient (Wildman–Crippen LogP) is 2.46. The van der Waals surface area contributed by atoms with E-state index in [0.717, 1.165) is 5.69 Å². The molecule has 0 aromatic carbocycles. The van der Waals surface area contributed by atoms with Crippen LogP contribution >= 0.6 is 0 Å². The fraction of sp³-hybridized carbons (Fsp3) is 0.667. The Balaban J connectivity index is 1.88. The highest BCUT2D eigenvalue weighted by Crippen LogP contribution is 2.20. The van der Waals surface area contributed by atoms with E-state index in [9.17, 15) is 0 Å². The van der Waals surface area contributed by atoms with Crippen LogP contribution in [0.15, 0.2) is 18.6 Å². The number of hydrogen-bond donors (Lipinski definition) is 1. The minimum atomic E-state index is 0.321. The molecule has 1 aromatic rings. The van der Waals surface area contributed by atoms with Crippen molar-refractivity contribution in [3.05, 3.63) is 24.3 Å². The van der Waals surface area contributed by atoms with Crippen molar-refractivity contribution in [1.29, 1.82) is 0 Å². The van der Waals surface area contributed by atoms with Crippen molar-refractivity contribution in [2.45, 2.75) is 51.1 Å². The minimum absolute atomic E-state index is 0.321. The Labute approximate surface area is 91.3 Å². The van der Waals surface area contributed by atoms with Gasteiger partial charge in [-0.1, -0.05) is 19.3 Å². The first-order chi connectivity index (χ1) is 7.36. The molecule has 0 spiro atoms. The average Bonchev–Trinajstić information content (AvgIpc) is 2.31. The number of nitrogens with zero attached hydrogens (tertiary/aromatic N) is 2. The number of nitrogens with one attached hydrogen (secondary N) is 1. The lowest BCUT2D eigenvalue weighted by molar-refractivity contribution is 0.344. The quantitative estimate of drug-likeness (QED) is 0.823. The van der Waals surface area contributed by atoms with Gasteiger partial charge in [0.15, 0.2) is 0 Å². The molecule has 1 heterocycles. The van der Waals surface area contributed by atoms with Crippen LogP contribution in [0.25, 0.3) is 0 Å². The second-order valence-corrected chi connectivity index (χ2v) is 4.35. The zero-order valence-corrected chi connectivity index (χ0v) is 9.32. The van der Waals surface area contributed by atoms with Crippen molar-refractivity contribution in [3.8, 4) is 0 Å². The molecule has 3 heteroatoms. The minimum Gasteiger partial charge on any atom is -0.306 e. The van der Waals surface area contributed by atoms with Crippen molar-refractivity contribution in [2.75, 3.05) is 0 Å². The summed E-state index contributed by atoms with van der Waals surface area (Å²) in [5.41, 5.74) is 1.04. The van der Waals surface area contributed by atoms with Crippen LogP contribution < -0.4 is 5.32 Å². The van der Waals surface area contributed by atoms with Crippen LogP contribution in [0.5, 0.6) is 0 Å². The number of hydrogen-bond acceptors (Lipinski definition) is 3. The third-order valence-corrected chi connectivity index (χ3v) is 3.12. The molecule has 2 rings (SSSR count). The van der Waals surface area contributed by atoms with Crippen molar-refractivity contribution in [3.63, 3.8) is 0 Å². The topological polar surface area (TPSA) is 37.8 Å². The summed E-state index contributed by atoms with van der Waals surface area (Å²) < 4.78 is 0. The molecule has 1 saturated carbocycles. The van der Waals surface area contributed by atoms with Gasteiger partial charge in [-0.3, -0.25) is 9.97 Å². The molecule has 1 aromatic heterocycles. The molecule has 1 N–H and O–H groups in total. The van der Waals surface area contributed by atoms with Crippen LogP contribution in [-0.4, -0.2) is 16.0 Å². The van der Waals surface area contributed by atoms with Gasteiger partial charge in [0.1, 0.15) is 0 Å². The lowest BCUT2D eigenvalue weighted by atomic mass is 9.95. The zero-order chi connectivity index (χ0) is 10.5. The highest BCUT2D eigenvalue weighted by Gasteiger charge is 2.16. The molecule has 0 aliphatic heterocycles. The van der Waals surface area contributed by atoms with E-state index in [1.165, 1.54) is 32.1 Å². The maximum absolute atomic E-state index is 4.32. The lowest BCUT2D eigenvalue weighted by Gasteiger charge is -2.26. The first-order valence-corrected chi connectivity index (χ1v) is 5.88. The summed E-state index contributed by atoms with van der Waals surface area (Å²) in [7, 11) is 0. The molecular formula is C12H19N3.